The quantitative estimate of drug-likeness (QED) is 0.827. The van der Waals surface area contributed by atoms with Crippen LogP contribution in [0.4, 0.5) is 4.79 Å². The molecule has 1 N–H and O–H groups in total. The molecule has 0 spiro atoms. The molecule has 1 rings (SSSR count). The predicted molar refractivity (Wildman–Crippen MR) is 65.1 cm³/mol. The third kappa shape index (κ3) is 5.20. The summed E-state index contributed by atoms with van der Waals surface area (Å²) >= 11 is 0. The van der Waals surface area contributed by atoms with E-state index in [0.717, 1.165) is 12.0 Å². The molecule has 0 aliphatic heterocycles. The summed E-state index contributed by atoms with van der Waals surface area (Å²) in [4.78, 5) is 11.0. The molecule has 86 valence electrons. The monoisotopic (exact) mass is 219 g/mol. The molecule has 0 radical (unpaired) electrons. The highest BCUT2D eigenvalue weighted by molar-refractivity contribution is 5.67. The van der Waals surface area contributed by atoms with Crippen LogP contribution in [-0.2, 0) is 4.74 Å². The number of hydrogen-bond acceptors (Lipinski definition) is 2. The van der Waals surface area contributed by atoms with Crippen LogP contribution in [0, 0.1) is 0 Å². The van der Waals surface area contributed by atoms with Crippen molar-refractivity contribution in [2.45, 2.75) is 13.3 Å². The topological polar surface area (TPSA) is 38.3 Å². The van der Waals surface area contributed by atoms with Gasteiger partial charge in [0.1, 0.15) is 6.61 Å². The standard InChI is InChI=1S/C13H17NO2/c1-2-10-14-13(15)16-11-6-9-12-7-4-3-5-8-12/h3-9H,2,10-11H2,1H3,(H,14,15)/b9-6+. The molecule has 0 aliphatic carbocycles. The molecule has 0 fully saturated rings. The number of carbonyl (C=O) groups is 1. The van der Waals surface area contributed by atoms with E-state index in [4.69, 9.17) is 4.74 Å². The Bertz CT molecular complexity index is 333. The highest BCUT2D eigenvalue weighted by Gasteiger charge is 1.96. The second kappa shape index (κ2) is 7.51. The first-order chi connectivity index (χ1) is 7.83. The lowest BCUT2D eigenvalue weighted by atomic mass is 10.2. The molecule has 0 unspecified atom stereocenters. The summed E-state index contributed by atoms with van der Waals surface area (Å²) in [6, 6.07) is 9.89. The Kier molecular flexibility index (Phi) is 5.78. The third-order valence-electron chi connectivity index (χ3n) is 1.94. The second-order valence-electron chi connectivity index (χ2n) is 3.34. The van der Waals surface area contributed by atoms with Gasteiger partial charge in [-0.3, -0.25) is 0 Å². The van der Waals surface area contributed by atoms with Crippen molar-refractivity contribution in [1.82, 2.24) is 5.32 Å². The number of rotatable bonds is 5. The number of benzene rings is 1. The summed E-state index contributed by atoms with van der Waals surface area (Å²) < 4.78 is 4.93. The summed E-state index contributed by atoms with van der Waals surface area (Å²) in [5, 5.41) is 2.64. The summed E-state index contributed by atoms with van der Waals surface area (Å²) in [6.45, 7) is 2.95. The highest BCUT2D eigenvalue weighted by Crippen LogP contribution is 2.00. The zero-order valence-corrected chi connectivity index (χ0v) is 9.48. The number of nitrogens with one attached hydrogen (secondary N) is 1. The van der Waals surface area contributed by atoms with Gasteiger partial charge in [0, 0.05) is 6.54 Å². The van der Waals surface area contributed by atoms with E-state index in [9.17, 15) is 4.79 Å². The van der Waals surface area contributed by atoms with Crippen molar-refractivity contribution >= 4 is 12.2 Å². The van der Waals surface area contributed by atoms with Crippen molar-refractivity contribution in [3.63, 3.8) is 0 Å². The number of alkyl carbamates (subject to hydrolysis) is 1. The van der Waals surface area contributed by atoms with E-state index in [-0.39, 0.29) is 6.09 Å². The Morgan fingerprint density at radius 1 is 1.38 bits per heavy atom. The molecule has 3 nitrogen and oxygen atoms in total. The van der Waals surface area contributed by atoms with E-state index >= 15 is 0 Å². The van der Waals surface area contributed by atoms with Crippen molar-refractivity contribution in [3.8, 4) is 0 Å². The Hall–Kier alpha value is -1.77. The van der Waals surface area contributed by atoms with E-state index in [1.165, 1.54) is 0 Å². The Labute approximate surface area is 96.1 Å². The SMILES string of the molecule is CCCNC(=O)OC/C=C/c1ccccc1. The minimum absolute atomic E-state index is 0.296. The van der Waals surface area contributed by atoms with Gasteiger partial charge in [-0.2, -0.15) is 0 Å². The van der Waals surface area contributed by atoms with Crippen LogP contribution in [0.25, 0.3) is 6.08 Å². The van der Waals surface area contributed by atoms with Gasteiger partial charge < -0.3 is 10.1 Å². The van der Waals surface area contributed by atoms with Crippen molar-refractivity contribution in [2.75, 3.05) is 13.2 Å². The minimum atomic E-state index is -0.362. The average Bonchev–Trinajstić information content (AvgIpc) is 2.33. The normalized spacial score (nSPS) is 10.3. The van der Waals surface area contributed by atoms with E-state index in [2.05, 4.69) is 5.32 Å². The van der Waals surface area contributed by atoms with Gasteiger partial charge in [0.25, 0.3) is 0 Å². The molecule has 0 atom stereocenters. The number of ether oxygens (including phenoxy) is 1. The van der Waals surface area contributed by atoms with Gasteiger partial charge in [0.15, 0.2) is 0 Å². The van der Waals surface area contributed by atoms with E-state index in [1.807, 2.05) is 49.4 Å². The predicted octanol–water partition coefficient (Wildman–Crippen LogP) is 2.84. The first-order valence-electron chi connectivity index (χ1n) is 5.45. The molecule has 0 aromatic heterocycles. The van der Waals surface area contributed by atoms with Crippen LogP contribution >= 0.6 is 0 Å². The maximum absolute atomic E-state index is 11.0. The Morgan fingerprint density at radius 2 is 2.12 bits per heavy atom. The molecule has 3 heteroatoms. The minimum Gasteiger partial charge on any atom is -0.445 e. The van der Waals surface area contributed by atoms with Crippen LogP contribution in [0.3, 0.4) is 0 Å². The van der Waals surface area contributed by atoms with E-state index in [1.54, 1.807) is 0 Å². The first-order valence-corrected chi connectivity index (χ1v) is 5.45. The molecule has 1 aromatic rings. The van der Waals surface area contributed by atoms with Gasteiger partial charge in [0.05, 0.1) is 0 Å². The van der Waals surface area contributed by atoms with Gasteiger partial charge in [0.2, 0.25) is 0 Å². The lowest BCUT2D eigenvalue weighted by Crippen LogP contribution is -2.24. The third-order valence-corrected chi connectivity index (χ3v) is 1.94. The van der Waals surface area contributed by atoms with Gasteiger partial charge in [-0.05, 0) is 18.1 Å². The van der Waals surface area contributed by atoms with Crippen LogP contribution in [0.15, 0.2) is 36.4 Å². The zero-order valence-electron chi connectivity index (χ0n) is 9.48. The van der Waals surface area contributed by atoms with Crippen molar-refractivity contribution in [3.05, 3.63) is 42.0 Å². The van der Waals surface area contributed by atoms with Crippen molar-refractivity contribution in [1.29, 1.82) is 0 Å². The highest BCUT2D eigenvalue weighted by atomic mass is 16.5. The number of hydrogen-bond donors (Lipinski definition) is 1. The van der Waals surface area contributed by atoms with Crippen LogP contribution < -0.4 is 5.32 Å². The molecular formula is C13H17NO2. The molecule has 0 heterocycles. The summed E-state index contributed by atoms with van der Waals surface area (Å²) in [6.07, 6.45) is 4.29. The fourth-order valence-electron chi connectivity index (χ4n) is 1.15. The second-order valence-corrected chi connectivity index (χ2v) is 3.34. The maximum atomic E-state index is 11.0. The van der Waals surface area contributed by atoms with Gasteiger partial charge in [-0.15, -0.1) is 0 Å². The molecule has 0 aliphatic rings. The average molecular weight is 219 g/mol. The fourth-order valence-corrected chi connectivity index (χ4v) is 1.15. The molecule has 16 heavy (non-hydrogen) atoms. The van der Waals surface area contributed by atoms with Crippen LogP contribution in [0.1, 0.15) is 18.9 Å². The first kappa shape index (κ1) is 12.3. The van der Waals surface area contributed by atoms with Crippen LogP contribution in [0.5, 0.6) is 0 Å². The van der Waals surface area contributed by atoms with Crippen LogP contribution in [0.2, 0.25) is 0 Å². The number of amides is 1. The van der Waals surface area contributed by atoms with Gasteiger partial charge in [-0.25, -0.2) is 4.79 Å². The van der Waals surface area contributed by atoms with Crippen molar-refractivity contribution < 1.29 is 9.53 Å². The fraction of sp³-hybridized carbons (Fsp3) is 0.308. The lowest BCUT2D eigenvalue weighted by molar-refractivity contribution is 0.158. The Balaban J connectivity index is 2.20. The summed E-state index contributed by atoms with van der Waals surface area (Å²) in [5.74, 6) is 0. The number of carbonyl (C=O) groups excluding carboxylic acids is 1. The van der Waals surface area contributed by atoms with E-state index in [0.29, 0.717) is 13.2 Å². The lowest BCUT2D eigenvalue weighted by Gasteiger charge is -2.02. The summed E-state index contributed by atoms with van der Waals surface area (Å²) in [7, 11) is 0. The van der Waals surface area contributed by atoms with Gasteiger partial charge >= 0.3 is 6.09 Å². The molecule has 0 saturated heterocycles. The molecule has 1 aromatic carbocycles. The molecule has 0 saturated carbocycles. The van der Waals surface area contributed by atoms with Crippen molar-refractivity contribution in [2.24, 2.45) is 0 Å². The molecule has 0 bridgehead atoms. The van der Waals surface area contributed by atoms with E-state index < -0.39 is 0 Å². The van der Waals surface area contributed by atoms with Crippen LogP contribution in [-0.4, -0.2) is 19.2 Å². The molecular weight excluding hydrogens is 202 g/mol. The Morgan fingerprint density at radius 3 is 2.81 bits per heavy atom. The maximum Gasteiger partial charge on any atom is 0.407 e. The summed E-state index contributed by atoms with van der Waals surface area (Å²) in [5.41, 5.74) is 1.10. The largest absolute Gasteiger partial charge is 0.445 e. The smallest absolute Gasteiger partial charge is 0.407 e. The van der Waals surface area contributed by atoms with Gasteiger partial charge in [-0.1, -0.05) is 43.3 Å². The zero-order chi connectivity index (χ0) is 11.6. The molecule has 1 amide bonds.